The Hall–Kier alpha value is -7.22. The zero-order valence-corrected chi connectivity index (χ0v) is 36.4. The molecule has 302 valence electrons. The van der Waals surface area contributed by atoms with Crippen LogP contribution in [-0.2, 0) is 17.3 Å². The monoisotopic (exact) mass is 807 g/mol. The van der Waals surface area contributed by atoms with Gasteiger partial charge in [-0.05, 0) is 126 Å². The largest absolute Gasteiger partial charge is 0.309 e. The fourth-order valence-corrected chi connectivity index (χ4v) is 11.2. The van der Waals surface area contributed by atoms with Gasteiger partial charge >= 0.3 is 0 Å². The molecule has 1 heteroatoms. The average molecular weight is 808 g/mol. The molecule has 0 aliphatic heterocycles. The van der Waals surface area contributed by atoms with E-state index < -0.39 is 0 Å². The first kappa shape index (κ1) is 37.5. The van der Waals surface area contributed by atoms with E-state index in [0.29, 0.717) is 0 Å². The Morgan fingerprint density at radius 2 is 0.873 bits per heavy atom. The van der Waals surface area contributed by atoms with Crippen LogP contribution in [0.25, 0.3) is 72.0 Å². The second kappa shape index (κ2) is 14.2. The average Bonchev–Trinajstić information content (AvgIpc) is 3.86. The molecule has 63 heavy (non-hydrogen) atoms. The number of hydrogen-bond acceptors (Lipinski definition) is 0. The lowest BCUT2D eigenvalue weighted by Crippen LogP contribution is -2.16. The highest BCUT2D eigenvalue weighted by atomic mass is 15.0. The third-order valence-electron chi connectivity index (χ3n) is 14.6. The minimum atomic E-state index is -0.0708. The third-order valence-corrected chi connectivity index (χ3v) is 14.6. The van der Waals surface area contributed by atoms with Crippen molar-refractivity contribution in [3.63, 3.8) is 0 Å². The molecule has 1 atom stereocenters. The maximum absolute atomic E-state index is 2.51. The second-order valence-corrected chi connectivity index (χ2v) is 18.9. The van der Waals surface area contributed by atoms with E-state index in [1.165, 1.54) is 111 Å². The normalized spacial score (nSPS) is 14.6. The Morgan fingerprint density at radius 3 is 1.57 bits per heavy atom. The lowest BCUT2D eigenvalue weighted by atomic mass is 9.79. The van der Waals surface area contributed by atoms with Crippen molar-refractivity contribution in [2.75, 3.05) is 0 Å². The first-order valence-corrected chi connectivity index (χ1v) is 22.5. The summed E-state index contributed by atoms with van der Waals surface area (Å²) in [5.41, 5.74) is 23.6. The zero-order chi connectivity index (χ0) is 42.5. The van der Waals surface area contributed by atoms with Gasteiger partial charge in [0.05, 0.1) is 11.0 Å². The molecule has 1 heterocycles. The molecule has 1 nitrogen and oxygen atoms in total. The fourth-order valence-electron chi connectivity index (χ4n) is 11.2. The third kappa shape index (κ3) is 5.90. The van der Waals surface area contributed by atoms with Crippen LogP contribution in [0.15, 0.2) is 206 Å². The molecule has 0 N–H and O–H groups in total. The molecule has 0 fully saturated rings. The summed E-state index contributed by atoms with van der Waals surface area (Å²) >= 11 is 0. The predicted molar refractivity (Wildman–Crippen MR) is 265 cm³/mol. The maximum atomic E-state index is 2.51. The van der Waals surface area contributed by atoms with E-state index >= 15 is 0 Å². The number of rotatable bonds is 7. The van der Waals surface area contributed by atoms with Gasteiger partial charge in [-0.1, -0.05) is 198 Å². The van der Waals surface area contributed by atoms with Crippen LogP contribution in [0, 0.1) is 0 Å². The quantitative estimate of drug-likeness (QED) is 0.151. The van der Waals surface area contributed by atoms with E-state index in [9.17, 15) is 0 Å². The molecule has 12 rings (SSSR count). The van der Waals surface area contributed by atoms with Crippen molar-refractivity contribution in [3.05, 3.63) is 245 Å². The SMILES string of the molecule is CC1(C)c2ccccc2-c2ccc(C(Cc3ccc(-c4ccc5c(c4)c4cc6c(cc4n5-c4ccccc4)C(C)(C)c4ccccc4-6)cc3)c3ccc(-c4ccccc4)cc3)cc21. The summed E-state index contributed by atoms with van der Waals surface area (Å²) in [6.07, 6.45) is 0.906. The molecule has 0 amide bonds. The standard InChI is InChI=1S/C62H49N/c1-61(2)55-21-13-11-19-48(55)50-33-31-46(37-57(50)61)51(44-29-27-42(28-30-44)41-15-7-5-8-16-41)35-40-23-25-43(26-24-40)45-32-34-59-53(36-45)54-38-52-49-20-12-14-22-56(49)62(3,4)58(52)39-60(54)63(59)47-17-9-6-10-18-47/h5-34,36-39,51H,35H2,1-4H3. The van der Waals surface area contributed by atoms with E-state index in [2.05, 4.69) is 239 Å². The van der Waals surface area contributed by atoms with Gasteiger partial charge in [-0.15, -0.1) is 0 Å². The summed E-state index contributed by atoms with van der Waals surface area (Å²) in [5.74, 6) is 0.197. The Labute approximate surface area is 371 Å². The molecule has 2 aliphatic rings. The molecule has 9 aromatic carbocycles. The van der Waals surface area contributed by atoms with Gasteiger partial charge in [0.2, 0.25) is 0 Å². The van der Waals surface area contributed by atoms with Gasteiger partial charge in [-0.2, -0.15) is 0 Å². The van der Waals surface area contributed by atoms with Crippen LogP contribution in [0.3, 0.4) is 0 Å². The van der Waals surface area contributed by atoms with E-state index in [0.717, 1.165) is 6.42 Å². The first-order valence-electron chi connectivity index (χ1n) is 22.5. The van der Waals surface area contributed by atoms with Crippen molar-refractivity contribution >= 4 is 21.8 Å². The number of benzene rings is 9. The number of para-hydroxylation sites is 1. The Balaban J connectivity index is 0.932. The fraction of sp³-hybridized carbons (Fsp3) is 0.129. The number of hydrogen-bond donors (Lipinski definition) is 0. The van der Waals surface area contributed by atoms with Crippen LogP contribution in [0.2, 0.25) is 0 Å². The zero-order valence-electron chi connectivity index (χ0n) is 36.4. The maximum Gasteiger partial charge on any atom is 0.0544 e. The van der Waals surface area contributed by atoms with Crippen molar-refractivity contribution in [3.8, 4) is 50.2 Å². The second-order valence-electron chi connectivity index (χ2n) is 18.9. The van der Waals surface area contributed by atoms with Gasteiger partial charge in [0.1, 0.15) is 0 Å². The van der Waals surface area contributed by atoms with Crippen molar-refractivity contribution in [1.29, 1.82) is 0 Å². The van der Waals surface area contributed by atoms with Crippen LogP contribution >= 0.6 is 0 Å². The predicted octanol–water partition coefficient (Wildman–Crippen LogP) is 16.1. The van der Waals surface area contributed by atoms with Gasteiger partial charge < -0.3 is 4.57 Å². The number of nitrogens with zero attached hydrogens (tertiary/aromatic N) is 1. The Bertz CT molecular complexity index is 3380. The van der Waals surface area contributed by atoms with Gasteiger partial charge in [0.25, 0.3) is 0 Å². The molecular weight excluding hydrogens is 759 g/mol. The van der Waals surface area contributed by atoms with Crippen LogP contribution in [-0.4, -0.2) is 4.57 Å². The van der Waals surface area contributed by atoms with E-state index in [1.54, 1.807) is 0 Å². The molecule has 10 aromatic rings. The van der Waals surface area contributed by atoms with E-state index in [-0.39, 0.29) is 16.7 Å². The van der Waals surface area contributed by atoms with Crippen LogP contribution in [0.4, 0.5) is 0 Å². The molecule has 1 unspecified atom stereocenters. The highest BCUT2D eigenvalue weighted by molar-refractivity contribution is 6.12. The van der Waals surface area contributed by atoms with Crippen molar-refractivity contribution < 1.29 is 0 Å². The summed E-state index contributed by atoms with van der Waals surface area (Å²) in [6.45, 7) is 9.51. The molecule has 0 saturated heterocycles. The molecule has 0 saturated carbocycles. The van der Waals surface area contributed by atoms with Crippen LogP contribution in [0.1, 0.15) is 72.6 Å². The van der Waals surface area contributed by atoms with Crippen LogP contribution < -0.4 is 0 Å². The summed E-state index contributed by atoms with van der Waals surface area (Å²) < 4.78 is 2.46. The summed E-state index contributed by atoms with van der Waals surface area (Å²) in [5, 5.41) is 2.57. The van der Waals surface area contributed by atoms with Gasteiger partial charge in [0.15, 0.2) is 0 Å². The number of fused-ring (bicyclic) bond motifs is 9. The highest BCUT2D eigenvalue weighted by Gasteiger charge is 2.37. The van der Waals surface area contributed by atoms with Crippen molar-refractivity contribution in [2.24, 2.45) is 0 Å². The topological polar surface area (TPSA) is 4.93 Å². The van der Waals surface area contributed by atoms with Gasteiger partial charge in [0, 0.05) is 33.2 Å². The summed E-state index contributed by atoms with van der Waals surface area (Å²) in [6, 6.07) is 77.4. The highest BCUT2D eigenvalue weighted by Crippen LogP contribution is 2.52. The molecule has 0 radical (unpaired) electrons. The molecular formula is C62H49N. The minimum Gasteiger partial charge on any atom is -0.309 e. The van der Waals surface area contributed by atoms with Gasteiger partial charge in [-0.25, -0.2) is 0 Å². The van der Waals surface area contributed by atoms with Gasteiger partial charge in [-0.3, -0.25) is 0 Å². The van der Waals surface area contributed by atoms with Crippen LogP contribution in [0.5, 0.6) is 0 Å². The summed E-state index contributed by atoms with van der Waals surface area (Å²) in [7, 11) is 0. The lowest BCUT2D eigenvalue weighted by molar-refractivity contribution is 0.657. The minimum absolute atomic E-state index is 0.0546. The Kier molecular flexibility index (Phi) is 8.44. The number of aromatic nitrogens is 1. The van der Waals surface area contributed by atoms with Crippen molar-refractivity contribution in [2.45, 2.75) is 50.9 Å². The van der Waals surface area contributed by atoms with E-state index in [4.69, 9.17) is 0 Å². The Morgan fingerprint density at radius 1 is 0.365 bits per heavy atom. The lowest BCUT2D eigenvalue weighted by Gasteiger charge is -2.24. The molecule has 0 spiro atoms. The van der Waals surface area contributed by atoms with Crippen molar-refractivity contribution in [1.82, 2.24) is 4.57 Å². The first-order chi connectivity index (χ1) is 30.7. The molecule has 2 aliphatic carbocycles. The molecule has 1 aromatic heterocycles. The smallest absolute Gasteiger partial charge is 0.0544 e. The molecule has 0 bridgehead atoms. The van der Waals surface area contributed by atoms with E-state index in [1.807, 2.05) is 0 Å². The summed E-state index contributed by atoms with van der Waals surface area (Å²) in [4.78, 5) is 0.